The van der Waals surface area contributed by atoms with E-state index in [0.717, 1.165) is 5.52 Å². The van der Waals surface area contributed by atoms with E-state index in [1.807, 2.05) is 6.92 Å². The van der Waals surface area contributed by atoms with Gasteiger partial charge in [-0.05, 0) is 31.2 Å². The summed E-state index contributed by atoms with van der Waals surface area (Å²) in [5.74, 6) is -0.514. The molecule has 0 bridgehead atoms. The van der Waals surface area contributed by atoms with Crippen molar-refractivity contribution in [3.05, 3.63) is 35.8 Å². The molecule has 3 rings (SSSR count). The minimum absolute atomic E-state index is 0.184. The number of rotatable bonds is 3. The van der Waals surface area contributed by atoms with E-state index >= 15 is 0 Å². The van der Waals surface area contributed by atoms with Crippen molar-refractivity contribution in [2.75, 3.05) is 19.8 Å². The summed E-state index contributed by atoms with van der Waals surface area (Å²) in [6.07, 6.45) is -0.670. The number of hydrogen-bond acceptors (Lipinski definition) is 3. The normalized spacial score (nSPS) is 21.5. The van der Waals surface area contributed by atoms with Crippen molar-refractivity contribution in [3.8, 4) is 0 Å². The molecule has 0 spiro atoms. The third kappa shape index (κ3) is 2.38. The number of carbonyl (C=O) groups excluding carboxylic acids is 1. The molecule has 1 fully saturated rings. The summed E-state index contributed by atoms with van der Waals surface area (Å²) in [7, 11) is 1.78. The van der Waals surface area contributed by atoms with Gasteiger partial charge >= 0.3 is 0 Å². The SMILES string of the molecule is CCN(C(=O)c1cc2cc(F)ccc2n1C)C1COCC1O. The molecule has 1 aliphatic heterocycles. The Morgan fingerprint density at radius 1 is 1.45 bits per heavy atom. The molecule has 1 N–H and O–H groups in total. The molecule has 1 aromatic heterocycles. The fourth-order valence-corrected chi connectivity index (χ4v) is 3.03. The zero-order valence-electron chi connectivity index (χ0n) is 12.6. The van der Waals surface area contributed by atoms with Crippen LogP contribution in [0.2, 0.25) is 0 Å². The highest BCUT2D eigenvalue weighted by atomic mass is 19.1. The number of benzene rings is 1. The first-order chi connectivity index (χ1) is 10.5. The zero-order valence-corrected chi connectivity index (χ0v) is 12.6. The van der Waals surface area contributed by atoms with Gasteiger partial charge in [0.15, 0.2) is 0 Å². The molecule has 0 aliphatic carbocycles. The van der Waals surface area contributed by atoms with E-state index < -0.39 is 6.10 Å². The van der Waals surface area contributed by atoms with Crippen molar-refractivity contribution in [1.29, 1.82) is 0 Å². The first kappa shape index (κ1) is 15.0. The first-order valence-corrected chi connectivity index (χ1v) is 7.34. The molecule has 118 valence electrons. The Bertz CT molecular complexity index is 713. The summed E-state index contributed by atoms with van der Waals surface area (Å²) in [6, 6.07) is 5.79. The molecule has 1 saturated heterocycles. The van der Waals surface area contributed by atoms with Crippen LogP contribution in [-0.2, 0) is 11.8 Å². The number of carbonyl (C=O) groups is 1. The van der Waals surface area contributed by atoms with E-state index in [0.29, 0.717) is 24.2 Å². The van der Waals surface area contributed by atoms with Crippen LogP contribution in [0.4, 0.5) is 4.39 Å². The van der Waals surface area contributed by atoms with Gasteiger partial charge in [-0.3, -0.25) is 4.79 Å². The Kier molecular flexibility index (Phi) is 3.88. The summed E-state index contributed by atoms with van der Waals surface area (Å²) in [4.78, 5) is 14.4. The van der Waals surface area contributed by atoms with E-state index in [2.05, 4.69) is 0 Å². The quantitative estimate of drug-likeness (QED) is 0.936. The molecule has 1 aromatic carbocycles. The maximum absolute atomic E-state index is 13.3. The van der Waals surface area contributed by atoms with Crippen LogP contribution < -0.4 is 0 Å². The lowest BCUT2D eigenvalue weighted by Crippen LogP contribution is -2.46. The van der Waals surface area contributed by atoms with Crippen LogP contribution >= 0.6 is 0 Å². The van der Waals surface area contributed by atoms with Crippen LogP contribution in [0.1, 0.15) is 17.4 Å². The predicted molar refractivity (Wildman–Crippen MR) is 80.2 cm³/mol. The van der Waals surface area contributed by atoms with Gasteiger partial charge in [0.2, 0.25) is 0 Å². The standard InChI is InChI=1S/C16H19FN2O3/c1-3-19(14-8-22-9-15(14)20)16(21)13-7-10-6-11(17)4-5-12(10)18(13)2/h4-7,14-15,20H,3,8-9H2,1-2H3. The van der Waals surface area contributed by atoms with Crippen LogP contribution in [-0.4, -0.2) is 52.4 Å². The molecule has 0 radical (unpaired) electrons. The molecule has 22 heavy (non-hydrogen) atoms. The highest BCUT2D eigenvalue weighted by molar-refractivity contribution is 5.99. The smallest absolute Gasteiger partial charge is 0.270 e. The maximum Gasteiger partial charge on any atom is 0.270 e. The van der Waals surface area contributed by atoms with Crippen molar-refractivity contribution in [2.45, 2.75) is 19.1 Å². The van der Waals surface area contributed by atoms with Gasteiger partial charge in [0, 0.05) is 24.5 Å². The summed E-state index contributed by atoms with van der Waals surface area (Å²) >= 11 is 0. The Morgan fingerprint density at radius 3 is 2.86 bits per heavy atom. The van der Waals surface area contributed by atoms with Gasteiger partial charge in [-0.15, -0.1) is 0 Å². The van der Waals surface area contributed by atoms with Gasteiger partial charge in [-0.2, -0.15) is 0 Å². The number of halogens is 1. The summed E-state index contributed by atoms with van der Waals surface area (Å²) in [5.41, 5.74) is 1.27. The Morgan fingerprint density at radius 2 is 2.23 bits per heavy atom. The largest absolute Gasteiger partial charge is 0.388 e. The van der Waals surface area contributed by atoms with E-state index in [-0.39, 0.29) is 24.4 Å². The third-order valence-corrected chi connectivity index (χ3v) is 4.25. The predicted octanol–water partition coefficient (Wildman–Crippen LogP) is 1.54. The first-order valence-electron chi connectivity index (χ1n) is 7.34. The molecular weight excluding hydrogens is 287 g/mol. The highest BCUT2D eigenvalue weighted by Gasteiger charge is 2.35. The number of aryl methyl sites for hydroxylation is 1. The zero-order chi connectivity index (χ0) is 15.9. The molecule has 2 unspecified atom stereocenters. The lowest BCUT2D eigenvalue weighted by molar-refractivity contribution is 0.0512. The Balaban J connectivity index is 1.98. The third-order valence-electron chi connectivity index (χ3n) is 4.25. The van der Waals surface area contributed by atoms with E-state index in [9.17, 15) is 14.3 Å². The van der Waals surface area contributed by atoms with Crippen LogP contribution in [0.25, 0.3) is 10.9 Å². The van der Waals surface area contributed by atoms with Crippen molar-refractivity contribution in [1.82, 2.24) is 9.47 Å². The van der Waals surface area contributed by atoms with Crippen molar-refractivity contribution in [3.63, 3.8) is 0 Å². The molecule has 6 heteroatoms. The van der Waals surface area contributed by atoms with E-state index in [1.54, 1.807) is 28.6 Å². The molecule has 2 aromatic rings. The monoisotopic (exact) mass is 306 g/mol. The molecule has 0 saturated carbocycles. The minimum atomic E-state index is -0.670. The number of aliphatic hydroxyl groups excluding tert-OH is 1. The fraction of sp³-hybridized carbons (Fsp3) is 0.438. The number of nitrogens with zero attached hydrogens (tertiary/aromatic N) is 2. The summed E-state index contributed by atoms with van der Waals surface area (Å²) in [6.45, 7) is 2.92. The second-order valence-corrected chi connectivity index (χ2v) is 5.56. The Labute approximate surface area is 127 Å². The second kappa shape index (κ2) is 5.70. The second-order valence-electron chi connectivity index (χ2n) is 5.56. The average Bonchev–Trinajstić information content (AvgIpc) is 3.04. The van der Waals surface area contributed by atoms with Gasteiger partial charge in [-0.1, -0.05) is 0 Å². The van der Waals surface area contributed by atoms with Gasteiger partial charge in [0.05, 0.1) is 25.4 Å². The van der Waals surface area contributed by atoms with Gasteiger partial charge in [0.1, 0.15) is 11.5 Å². The Hall–Kier alpha value is -1.92. The van der Waals surface area contributed by atoms with Gasteiger partial charge in [-0.25, -0.2) is 4.39 Å². The minimum Gasteiger partial charge on any atom is -0.388 e. The van der Waals surface area contributed by atoms with Gasteiger partial charge in [0.25, 0.3) is 5.91 Å². The van der Waals surface area contributed by atoms with Crippen molar-refractivity contribution in [2.24, 2.45) is 7.05 Å². The number of likely N-dealkylation sites (N-methyl/N-ethyl adjacent to an activating group) is 1. The lowest BCUT2D eigenvalue weighted by Gasteiger charge is -2.28. The van der Waals surface area contributed by atoms with Crippen LogP contribution in [0.3, 0.4) is 0 Å². The number of fused-ring (bicyclic) bond motifs is 1. The molecule has 2 heterocycles. The van der Waals surface area contributed by atoms with Crippen LogP contribution in [0, 0.1) is 5.82 Å². The fourth-order valence-electron chi connectivity index (χ4n) is 3.03. The number of ether oxygens (including phenoxy) is 1. The summed E-state index contributed by atoms with van der Waals surface area (Å²) < 4.78 is 20.3. The molecular formula is C16H19FN2O3. The average molecular weight is 306 g/mol. The number of aliphatic hydroxyl groups is 1. The lowest BCUT2D eigenvalue weighted by atomic mass is 10.1. The van der Waals surface area contributed by atoms with E-state index in [1.165, 1.54) is 12.1 Å². The van der Waals surface area contributed by atoms with Crippen LogP contribution in [0.15, 0.2) is 24.3 Å². The highest BCUT2D eigenvalue weighted by Crippen LogP contribution is 2.23. The topological polar surface area (TPSA) is 54.7 Å². The van der Waals surface area contributed by atoms with Crippen LogP contribution in [0.5, 0.6) is 0 Å². The number of amides is 1. The van der Waals surface area contributed by atoms with Crippen molar-refractivity contribution >= 4 is 16.8 Å². The van der Waals surface area contributed by atoms with Gasteiger partial charge < -0.3 is 19.3 Å². The molecule has 5 nitrogen and oxygen atoms in total. The van der Waals surface area contributed by atoms with E-state index in [4.69, 9.17) is 4.74 Å². The molecule has 1 amide bonds. The number of hydrogen-bond donors (Lipinski definition) is 1. The summed E-state index contributed by atoms with van der Waals surface area (Å²) in [5, 5.41) is 10.6. The molecule has 2 atom stereocenters. The maximum atomic E-state index is 13.3. The van der Waals surface area contributed by atoms with Crippen molar-refractivity contribution < 1.29 is 19.0 Å². The molecule has 1 aliphatic rings. The number of aromatic nitrogens is 1.